The molecule has 3 aliphatic rings. The first kappa shape index (κ1) is 8.05. The average molecular weight is 178 g/mol. The Morgan fingerprint density at radius 3 is 3.15 bits per heavy atom. The van der Waals surface area contributed by atoms with E-state index in [9.17, 15) is 0 Å². The van der Waals surface area contributed by atoms with Gasteiger partial charge in [-0.25, -0.2) is 0 Å². The van der Waals surface area contributed by atoms with Crippen molar-refractivity contribution < 1.29 is 4.74 Å². The Balaban J connectivity index is 1.83. The van der Waals surface area contributed by atoms with E-state index in [1.54, 1.807) is 5.57 Å². The van der Waals surface area contributed by atoms with Crippen LogP contribution in [0.1, 0.15) is 32.1 Å². The molecule has 0 aromatic carbocycles. The smallest absolute Gasteiger partial charge is 0.0680 e. The Kier molecular flexibility index (Phi) is 1.93. The van der Waals surface area contributed by atoms with Crippen molar-refractivity contribution in [3.63, 3.8) is 0 Å². The molecule has 13 heavy (non-hydrogen) atoms. The Labute approximate surface area is 80.2 Å². The summed E-state index contributed by atoms with van der Waals surface area (Å²) in [7, 11) is 0. The Morgan fingerprint density at radius 1 is 1.23 bits per heavy atom. The highest BCUT2D eigenvalue weighted by molar-refractivity contribution is 5.17. The van der Waals surface area contributed by atoms with Crippen LogP contribution in [0.5, 0.6) is 0 Å². The predicted molar refractivity (Wildman–Crippen MR) is 52.5 cm³/mol. The molecule has 0 N–H and O–H groups in total. The van der Waals surface area contributed by atoms with Gasteiger partial charge in [0.05, 0.1) is 13.2 Å². The third kappa shape index (κ3) is 1.34. The SMILES string of the molecule is C1=C2COCC2CC2CCCCC12. The molecule has 1 aliphatic heterocycles. The average Bonchev–Trinajstić information content (AvgIpc) is 2.61. The summed E-state index contributed by atoms with van der Waals surface area (Å²) < 4.78 is 5.53. The summed E-state index contributed by atoms with van der Waals surface area (Å²) in [6.45, 7) is 1.95. The molecule has 72 valence electrons. The van der Waals surface area contributed by atoms with Crippen molar-refractivity contribution in [3.05, 3.63) is 11.6 Å². The highest BCUT2D eigenvalue weighted by atomic mass is 16.5. The molecule has 3 rings (SSSR count). The van der Waals surface area contributed by atoms with Crippen LogP contribution < -0.4 is 0 Å². The van der Waals surface area contributed by atoms with Gasteiger partial charge < -0.3 is 4.74 Å². The van der Waals surface area contributed by atoms with E-state index >= 15 is 0 Å². The topological polar surface area (TPSA) is 9.23 Å². The van der Waals surface area contributed by atoms with Gasteiger partial charge in [-0.05, 0) is 36.7 Å². The fraction of sp³-hybridized carbons (Fsp3) is 0.833. The van der Waals surface area contributed by atoms with Crippen molar-refractivity contribution in [2.24, 2.45) is 17.8 Å². The number of rotatable bonds is 0. The number of hydrogen-bond donors (Lipinski definition) is 0. The van der Waals surface area contributed by atoms with Crippen LogP contribution in [-0.2, 0) is 4.74 Å². The lowest BCUT2D eigenvalue weighted by molar-refractivity contribution is 0.169. The number of fused-ring (bicyclic) bond motifs is 2. The van der Waals surface area contributed by atoms with E-state index in [0.29, 0.717) is 0 Å². The van der Waals surface area contributed by atoms with Gasteiger partial charge >= 0.3 is 0 Å². The summed E-state index contributed by atoms with van der Waals surface area (Å²) in [5, 5.41) is 0. The first-order valence-electron chi connectivity index (χ1n) is 5.72. The molecule has 1 nitrogen and oxygen atoms in total. The number of hydrogen-bond acceptors (Lipinski definition) is 1. The largest absolute Gasteiger partial charge is 0.376 e. The molecule has 1 heteroatoms. The fourth-order valence-corrected chi connectivity index (χ4v) is 3.34. The minimum atomic E-state index is 0.805. The zero-order chi connectivity index (χ0) is 8.67. The van der Waals surface area contributed by atoms with Gasteiger partial charge in [0.25, 0.3) is 0 Å². The van der Waals surface area contributed by atoms with Crippen LogP contribution in [0.15, 0.2) is 11.6 Å². The zero-order valence-electron chi connectivity index (χ0n) is 8.17. The predicted octanol–water partition coefficient (Wildman–Crippen LogP) is 2.77. The van der Waals surface area contributed by atoms with Crippen molar-refractivity contribution in [3.8, 4) is 0 Å². The Bertz CT molecular complexity index is 231. The van der Waals surface area contributed by atoms with Gasteiger partial charge in [0.1, 0.15) is 0 Å². The molecule has 0 bridgehead atoms. The standard InChI is InChI=1S/C12H18O/c1-2-4-10-6-12-8-13-7-11(12)5-9(10)3-1/h5,9-10,12H,1-4,6-8H2. The second-order valence-corrected chi connectivity index (χ2v) is 4.90. The van der Waals surface area contributed by atoms with Gasteiger partial charge in [-0.3, -0.25) is 0 Å². The molecule has 2 aliphatic carbocycles. The lowest BCUT2D eigenvalue weighted by Gasteiger charge is -2.35. The molecule has 2 fully saturated rings. The minimum Gasteiger partial charge on any atom is -0.376 e. The maximum atomic E-state index is 5.53. The highest BCUT2D eigenvalue weighted by Gasteiger charge is 2.34. The van der Waals surface area contributed by atoms with Crippen molar-refractivity contribution in [1.82, 2.24) is 0 Å². The third-order valence-corrected chi connectivity index (χ3v) is 4.10. The normalized spacial score (nSPS) is 43.7. The molecule has 0 radical (unpaired) electrons. The van der Waals surface area contributed by atoms with Gasteiger partial charge in [0, 0.05) is 5.92 Å². The minimum absolute atomic E-state index is 0.805. The Hall–Kier alpha value is -0.300. The highest BCUT2D eigenvalue weighted by Crippen LogP contribution is 2.43. The van der Waals surface area contributed by atoms with E-state index in [4.69, 9.17) is 4.74 Å². The molecular formula is C12H18O. The molecule has 0 spiro atoms. The summed E-state index contributed by atoms with van der Waals surface area (Å²) in [5.74, 6) is 2.73. The van der Waals surface area contributed by atoms with Crippen molar-refractivity contribution in [2.45, 2.75) is 32.1 Å². The first-order chi connectivity index (χ1) is 6.43. The lowest BCUT2D eigenvalue weighted by Crippen LogP contribution is -2.26. The maximum Gasteiger partial charge on any atom is 0.0680 e. The van der Waals surface area contributed by atoms with Crippen LogP contribution in [0.3, 0.4) is 0 Å². The number of allylic oxidation sites excluding steroid dienone is 1. The summed E-state index contributed by atoms with van der Waals surface area (Å²) >= 11 is 0. The quantitative estimate of drug-likeness (QED) is 0.518. The van der Waals surface area contributed by atoms with E-state index in [0.717, 1.165) is 31.0 Å². The number of ether oxygens (including phenoxy) is 1. The van der Waals surface area contributed by atoms with E-state index in [2.05, 4.69) is 6.08 Å². The van der Waals surface area contributed by atoms with E-state index < -0.39 is 0 Å². The fourth-order valence-electron chi connectivity index (χ4n) is 3.34. The van der Waals surface area contributed by atoms with Crippen LogP contribution in [0.2, 0.25) is 0 Å². The van der Waals surface area contributed by atoms with Gasteiger partial charge in [-0.15, -0.1) is 0 Å². The summed E-state index contributed by atoms with van der Waals surface area (Å²) in [4.78, 5) is 0. The van der Waals surface area contributed by atoms with E-state index in [1.807, 2.05) is 0 Å². The summed E-state index contributed by atoms with van der Waals surface area (Å²) in [6.07, 6.45) is 9.84. The van der Waals surface area contributed by atoms with E-state index in [-0.39, 0.29) is 0 Å². The molecule has 1 heterocycles. The molecular weight excluding hydrogens is 160 g/mol. The van der Waals surface area contributed by atoms with Crippen LogP contribution >= 0.6 is 0 Å². The summed E-state index contributed by atoms with van der Waals surface area (Å²) in [5.41, 5.74) is 1.63. The van der Waals surface area contributed by atoms with Crippen LogP contribution in [-0.4, -0.2) is 13.2 Å². The van der Waals surface area contributed by atoms with Gasteiger partial charge in [-0.2, -0.15) is 0 Å². The molecule has 0 aromatic heterocycles. The molecule has 3 unspecified atom stereocenters. The molecule has 0 aromatic rings. The van der Waals surface area contributed by atoms with Crippen LogP contribution in [0.25, 0.3) is 0 Å². The maximum absolute atomic E-state index is 5.53. The van der Waals surface area contributed by atoms with Crippen LogP contribution in [0.4, 0.5) is 0 Å². The monoisotopic (exact) mass is 178 g/mol. The van der Waals surface area contributed by atoms with Crippen LogP contribution in [0, 0.1) is 17.8 Å². The van der Waals surface area contributed by atoms with Gasteiger partial charge in [0.2, 0.25) is 0 Å². The van der Waals surface area contributed by atoms with Crippen molar-refractivity contribution in [2.75, 3.05) is 13.2 Å². The second-order valence-electron chi connectivity index (χ2n) is 4.90. The molecule has 1 saturated heterocycles. The second kappa shape index (κ2) is 3.13. The Morgan fingerprint density at radius 2 is 2.15 bits per heavy atom. The van der Waals surface area contributed by atoms with Gasteiger partial charge in [0.15, 0.2) is 0 Å². The molecule has 0 amide bonds. The zero-order valence-corrected chi connectivity index (χ0v) is 8.17. The first-order valence-corrected chi connectivity index (χ1v) is 5.72. The lowest BCUT2D eigenvalue weighted by atomic mass is 9.69. The summed E-state index contributed by atoms with van der Waals surface area (Å²) in [6, 6.07) is 0. The molecule has 1 saturated carbocycles. The van der Waals surface area contributed by atoms with Crippen molar-refractivity contribution in [1.29, 1.82) is 0 Å². The van der Waals surface area contributed by atoms with E-state index in [1.165, 1.54) is 32.1 Å². The van der Waals surface area contributed by atoms with Gasteiger partial charge in [-0.1, -0.05) is 18.9 Å². The third-order valence-electron chi connectivity index (χ3n) is 4.10. The molecule has 3 atom stereocenters. The van der Waals surface area contributed by atoms with Crippen molar-refractivity contribution >= 4 is 0 Å².